The van der Waals surface area contributed by atoms with Gasteiger partial charge in [0.1, 0.15) is 5.75 Å². The lowest BCUT2D eigenvalue weighted by atomic mass is 10.3. The van der Waals surface area contributed by atoms with Gasteiger partial charge in [-0.25, -0.2) is 4.98 Å². The average Bonchev–Trinajstić information content (AvgIpc) is 3.12. The lowest BCUT2D eigenvalue weighted by molar-refractivity contribution is -0.127. The number of amides is 2. The van der Waals surface area contributed by atoms with E-state index in [-0.39, 0.29) is 25.0 Å². The second kappa shape index (κ2) is 9.54. The zero-order chi connectivity index (χ0) is 18.9. The Morgan fingerprint density at radius 2 is 1.70 bits per heavy atom. The fourth-order valence-corrected chi connectivity index (χ4v) is 3.17. The van der Waals surface area contributed by atoms with E-state index in [9.17, 15) is 9.59 Å². The molecule has 3 aromatic rings. The maximum Gasteiger partial charge on any atom is 0.258 e. The molecule has 1 aromatic heterocycles. The van der Waals surface area contributed by atoms with Gasteiger partial charge in [-0.15, -0.1) is 0 Å². The van der Waals surface area contributed by atoms with Crippen LogP contribution in [-0.4, -0.2) is 43.0 Å². The van der Waals surface area contributed by atoms with E-state index in [1.54, 1.807) is 23.5 Å². The molecular weight excluding hydrogens is 364 g/mol. The van der Waals surface area contributed by atoms with E-state index < -0.39 is 0 Å². The van der Waals surface area contributed by atoms with Crippen molar-refractivity contribution >= 4 is 38.5 Å². The fraction of sp³-hybridized carbons (Fsp3) is 0.211. The highest BCUT2D eigenvalue weighted by molar-refractivity contribution is 7.22. The van der Waals surface area contributed by atoms with Crippen molar-refractivity contribution in [2.24, 2.45) is 0 Å². The Hall–Kier alpha value is -3.13. The normalized spacial score (nSPS) is 10.4. The monoisotopic (exact) mass is 384 g/mol. The minimum atomic E-state index is -0.346. The molecule has 0 aliphatic rings. The molecule has 7 nitrogen and oxygen atoms in total. The molecule has 0 bridgehead atoms. The molecule has 3 rings (SSSR count). The number of anilines is 1. The van der Waals surface area contributed by atoms with Crippen molar-refractivity contribution in [1.29, 1.82) is 0 Å². The standard InChI is InChI=1S/C19H20N4O3S/c24-17(12-22-18(25)13-26-14-6-2-1-3-7-14)20-10-11-21-19-23-15-8-4-5-9-16(15)27-19/h1-9H,10-13H2,(H,20,24)(H,21,23)(H,22,25). The minimum Gasteiger partial charge on any atom is -0.484 e. The van der Waals surface area contributed by atoms with Crippen LogP contribution in [0.1, 0.15) is 0 Å². The predicted octanol–water partition coefficient (Wildman–Crippen LogP) is 2.02. The maximum atomic E-state index is 11.8. The van der Waals surface area contributed by atoms with Gasteiger partial charge in [-0.2, -0.15) is 0 Å². The lowest BCUT2D eigenvalue weighted by Gasteiger charge is -2.08. The van der Waals surface area contributed by atoms with Crippen LogP contribution in [0.15, 0.2) is 54.6 Å². The van der Waals surface area contributed by atoms with Crippen LogP contribution in [0.5, 0.6) is 5.75 Å². The number of fused-ring (bicyclic) bond motifs is 1. The highest BCUT2D eigenvalue weighted by atomic mass is 32.1. The predicted molar refractivity (Wildman–Crippen MR) is 106 cm³/mol. The first-order valence-corrected chi connectivity index (χ1v) is 9.33. The molecule has 0 atom stereocenters. The van der Waals surface area contributed by atoms with Crippen LogP contribution in [0, 0.1) is 0 Å². The van der Waals surface area contributed by atoms with Gasteiger partial charge in [0.05, 0.1) is 16.8 Å². The summed E-state index contributed by atoms with van der Waals surface area (Å²) in [5.41, 5.74) is 0.953. The number of nitrogens with zero attached hydrogens (tertiary/aromatic N) is 1. The minimum absolute atomic E-state index is 0.0852. The smallest absolute Gasteiger partial charge is 0.258 e. The van der Waals surface area contributed by atoms with Gasteiger partial charge in [0.2, 0.25) is 5.91 Å². The topological polar surface area (TPSA) is 92.4 Å². The molecule has 0 saturated carbocycles. The molecular formula is C19H20N4O3S. The zero-order valence-electron chi connectivity index (χ0n) is 14.6. The first kappa shape index (κ1) is 18.7. The summed E-state index contributed by atoms with van der Waals surface area (Å²) in [6.45, 7) is 0.774. The van der Waals surface area contributed by atoms with Gasteiger partial charge in [-0.05, 0) is 24.3 Å². The summed E-state index contributed by atoms with van der Waals surface area (Å²) in [6.07, 6.45) is 0. The molecule has 0 unspecified atom stereocenters. The second-order valence-electron chi connectivity index (χ2n) is 5.64. The summed E-state index contributed by atoms with van der Waals surface area (Å²) < 4.78 is 6.43. The molecule has 27 heavy (non-hydrogen) atoms. The highest BCUT2D eigenvalue weighted by Crippen LogP contribution is 2.24. The number of rotatable bonds is 9. The molecule has 2 amide bonds. The number of ether oxygens (including phenoxy) is 1. The summed E-state index contributed by atoms with van der Waals surface area (Å²) in [4.78, 5) is 27.9. The summed E-state index contributed by atoms with van der Waals surface area (Å²) in [5, 5.41) is 9.25. The van der Waals surface area contributed by atoms with Crippen molar-refractivity contribution < 1.29 is 14.3 Å². The first-order chi connectivity index (χ1) is 13.2. The van der Waals surface area contributed by atoms with E-state index in [0.29, 0.717) is 18.8 Å². The molecule has 140 valence electrons. The van der Waals surface area contributed by atoms with E-state index in [4.69, 9.17) is 4.74 Å². The lowest BCUT2D eigenvalue weighted by Crippen LogP contribution is -2.40. The number of carbonyl (C=O) groups is 2. The quantitative estimate of drug-likeness (QED) is 0.491. The Bertz CT molecular complexity index is 865. The second-order valence-corrected chi connectivity index (χ2v) is 6.67. The van der Waals surface area contributed by atoms with Crippen molar-refractivity contribution in [2.45, 2.75) is 0 Å². The van der Waals surface area contributed by atoms with Gasteiger partial charge in [0.15, 0.2) is 11.7 Å². The van der Waals surface area contributed by atoms with Crippen LogP contribution < -0.4 is 20.7 Å². The van der Waals surface area contributed by atoms with Crippen LogP contribution in [0.4, 0.5) is 5.13 Å². The van der Waals surface area contributed by atoms with Crippen LogP contribution in [0.25, 0.3) is 10.2 Å². The van der Waals surface area contributed by atoms with Crippen molar-refractivity contribution in [3.05, 3.63) is 54.6 Å². The van der Waals surface area contributed by atoms with Gasteiger partial charge >= 0.3 is 0 Å². The van der Waals surface area contributed by atoms with Crippen LogP contribution in [-0.2, 0) is 9.59 Å². The van der Waals surface area contributed by atoms with Gasteiger partial charge in [-0.1, -0.05) is 41.7 Å². The molecule has 1 heterocycles. The largest absolute Gasteiger partial charge is 0.484 e. The van der Waals surface area contributed by atoms with Crippen LogP contribution >= 0.6 is 11.3 Å². The Labute approximate surface area is 160 Å². The number of para-hydroxylation sites is 2. The van der Waals surface area contributed by atoms with Crippen LogP contribution in [0.2, 0.25) is 0 Å². The van der Waals surface area contributed by atoms with Crippen molar-refractivity contribution in [3.63, 3.8) is 0 Å². The number of nitrogens with one attached hydrogen (secondary N) is 3. The van der Waals surface area contributed by atoms with Crippen molar-refractivity contribution in [3.8, 4) is 5.75 Å². The van der Waals surface area contributed by atoms with Crippen LogP contribution in [0.3, 0.4) is 0 Å². The molecule has 0 saturated heterocycles. The summed E-state index contributed by atoms with van der Waals surface area (Å²) in [5.74, 6) is 0.00814. The van der Waals surface area contributed by atoms with Gasteiger partial charge < -0.3 is 20.7 Å². The molecule has 2 aromatic carbocycles. The SMILES string of the molecule is O=C(CNC(=O)COc1ccccc1)NCCNc1nc2ccccc2s1. The third kappa shape index (κ3) is 5.96. The number of aromatic nitrogens is 1. The molecule has 0 fully saturated rings. The Kier molecular flexibility index (Phi) is 6.59. The molecule has 0 aliphatic carbocycles. The summed E-state index contributed by atoms with van der Waals surface area (Å²) >= 11 is 1.57. The number of hydrogen-bond donors (Lipinski definition) is 3. The maximum absolute atomic E-state index is 11.8. The number of benzene rings is 2. The van der Waals surface area contributed by atoms with Crippen molar-refractivity contribution in [2.75, 3.05) is 31.6 Å². The molecule has 0 spiro atoms. The van der Waals surface area contributed by atoms with Crippen molar-refractivity contribution in [1.82, 2.24) is 15.6 Å². The Balaban J connectivity index is 1.28. The molecule has 0 radical (unpaired) electrons. The molecule has 3 N–H and O–H groups in total. The number of carbonyl (C=O) groups excluding carboxylic acids is 2. The Morgan fingerprint density at radius 1 is 0.926 bits per heavy atom. The van der Waals surface area contributed by atoms with E-state index in [0.717, 1.165) is 15.3 Å². The zero-order valence-corrected chi connectivity index (χ0v) is 15.4. The number of thiazole rings is 1. The first-order valence-electron chi connectivity index (χ1n) is 8.51. The third-order valence-corrected chi connectivity index (χ3v) is 4.57. The van der Waals surface area contributed by atoms with E-state index in [2.05, 4.69) is 20.9 Å². The third-order valence-electron chi connectivity index (χ3n) is 3.58. The van der Waals surface area contributed by atoms with E-state index in [1.807, 2.05) is 42.5 Å². The highest BCUT2D eigenvalue weighted by Gasteiger charge is 2.06. The fourth-order valence-electron chi connectivity index (χ4n) is 2.28. The molecule has 8 heteroatoms. The molecule has 0 aliphatic heterocycles. The summed E-state index contributed by atoms with van der Waals surface area (Å²) in [6, 6.07) is 16.9. The van der Waals surface area contributed by atoms with E-state index in [1.165, 1.54) is 0 Å². The van der Waals surface area contributed by atoms with Gasteiger partial charge in [0.25, 0.3) is 5.91 Å². The average molecular weight is 384 g/mol. The number of hydrogen-bond acceptors (Lipinski definition) is 6. The summed E-state index contributed by atoms with van der Waals surface area (Å²) in [7, 11) is 0. The van der Waals surface area contributed by atoms with Gasteiger partial charge in [-0.3, -0.25) is 9.59 Å². The Morgan fingerprint density at radius 3 is 2.52 bits per heavy atom. The van der Waals surface area contributed by atoms with E-state index >= 15 is 0 Å². The van der Waals surface area contributed by atoms with Gasteiger partial charge in [0, 0.05) is 13.1 Å².